The number of carbonyl (C=O) groups excluding carboxylic acids is 2. The summed E-state index contributed by atoms with van der Waals surface area (Å²) >= 11 is 0. The van der Waals surface area contributed by atoms with E-state index in [4.69, 9.17) is 10.5 Å². The first-order valence-electron chi connectivity index (χ1n) is 7.72. The van der Waals surface area contributed by atoms with E-state index in [9.17, 15) is 9.59 Å². The van der Waals surface area contributed by atoms with Crippen LogP contribution < -0.4 is 5.73 Å². The molecule has 1 atom stereocenters. The van der Waals surface area contributed by atoms with E-state index in [1.54, 1.807) is 36.4 Å². The lowest BCUT2D eigenvalue weighted by atomic mass is 10.1. The lowest BCUT2D eigenvalue weighted by Gasteiger charge is -2.13. The number of carbonyl (C=O) groups is 2. The fourth-order valence-corrected chi connectivity index (χ4v) is 2.40. The van der Waals surface area contributed by atoms with E-state index < -0.39 is 18.0 Å². The second-order valence-corrected chi connectivity index (χ2v) is 5.39. The normalized spacial score (nSPS) is 12.2. The molecule has 0 saturated carbocycles. The molecule has 0 radical (unpaired) electrons. The summed E-state index contributed by atoms with van der Waals surface area (Å²) in [6, 6.07) is 20.0. The average Bonchev–Trinajstić information content (AvgIpc) is 2.64. The molecule has 1 heterocycles. The topological polar surface area (TPSA) is 82.3 Å². The Morgan fingerprint density at radius 1 is 0.960 bits per heavy atom. The third kappa shape index (κ3) is 4.09. The number of nitrogens with zero attached hydrogens (tertiary/aromatic N) is 1. The molecule has 0 bridgehead atoms. The molecular formula is C20H16N2O3. The van der Waals surface area contributed by atoms with Crippen molar-refractivity contribution in [1.82, 2.24) is 4.98 Å². The number of aromatic nitrogens is 1. The Kier molecular flexibility index (Phi) is 4.85. The van der Waals surface area contributed by atoms with E-state index in [0.29, 0.717) is 11.3 Å². The first-order chi connectivity index (χ1) is 12.1. The van der Waals surface area contributed by atoms with Gasteiger partial charge in [-0.25, -0.2) is 9.78 Å². The van der Waals surface area contributed by atoms with Crippen LogP contribution in [0.1, 0.15) is 17.4 Å². The Balaban J connectivity index is 1.73. The second-order valence-electron chi connectivity index (χ2n) is 5.39. The lowest BCUT2D eigenvalue weighted by molar-refractivity contribution is -0.150. The van der Waals surface area contributed by atoms with Crippen molar-refractivity contribution in [3.63, 3.8) is 0 Å². The molecule has 2 N–H and O–H groups in total. The van der Waals surface area contributed by atoms with Gasteiger partial charge < -0.3 is 10.5 Å². The predicted octanol–water partition coefficient (Wildman–Crippen LogP) is 3.02. The molecule has 1 amide bonds. The number of benzene rings is 2. The van der Waals surface area contributed by atoms with Crippen LogP contribution in [0.2, 0.25) is 0 Å². The van der Waals surface area contributed by atoms with E-state index in [2.05, 4.69) is 4.98 Å². The molecule has 0 spiro atoms. The van der Waals surface area contributed by atoms with Crippen LogP contribution in [0.5, 0.6) is 0 Å². The third-order valence-corrected chi connectivity index (χ3v) is 3.60. The Hall–Kier alpha value is -3.47. The molecule has 3 rings (SSSR count). The van der Waals surface area contributed by atoms with Gasteiger partial charge in [0.2, 0.25) is 6.10 Å². The fourth-order valence-electron chi connectivity index (χ4n) is 2.40. The number of esters is 1. The largest absolute Gasteiger partial charge is 0.444 e. The molecule has 2 aromatic carbocycles. The lowest BCUT2D eigenvalue weighted by Crippen LogP contribution is -2.25. The molecule has 5 nitrogen and oxygen atoms in total. The number of amides is 1. The highest BCUT2D eigenvalue weighted by atomic mass is 16.5. The standard InChI is InChI=1S/C20H16N2O3/c21-20(24)19(15-7-2-1-3-8-15)25-18(23)13-12-16-11-10-14-6-4-5-9-17(14)22-16/h1-13,19H,(H2,21,24)/b13-12+. The number of hydrogen-bond acceptors (Lipinski definition) is 4. The highest BCUT2D eigenvalue weighted by molar-refractivity contribution is 5.90. The quantitative estimate of drug-likeness (QED) is 0.575. The smallest absolute Gasteiger partial charge is 0.331 e. The molecule has 1 unspecified atom stereocenters. The van der Waals surface area contributed by atoms with E-state index in [1.165, 1.54) is 12.2 Å². The SMILES string of the molecule is NC(=O)C(OC(=O)/C=C/c1ccc2ccccc2n1)c1ccccc1. The summed E-state index contributed by atoms with van der Waals surface area (Å²) in [5, 5.41) is 1.01. The summed E-state index contributed by atoms with van der Waals surface area (Å²) in [5.41, 5.74) is 7.31. The molecule has 0 aliphatic carbocycles. The number of pyridine rings is 1. The number of ether oxygens (including phenoxy) is 1. The zero-order valence-corrected chi connectivity index (χ0v) is 13.3. The molecule has 0 fully saturated rings. The van der Waals surface area contributed by atoms with Crippen molar-refractivity contribution in [2.24, 2.45) is 5.73 Å². The Morgan fingerprint density at radius 2 is 1.68 bits per heavy atom. The highest BCUT2D eigenvalue weighted by Crippen LogP contribution is 2.17. The Labute approximate surface area is 144 Å². The predicted molar refractivity (Wildman–Crippen MR) is 95.2 cm³/mol. The van der Waals surface area contributed by atoms with Gasteiger partial charge in [-0.15, -0.1) is 0 Å². The van der Waals surface area contributed by atoms with Gasteiger partial charge in [0.15, 0.2) is 0 Å². The number of primary amides is 1. The van der Waals surface area contributed by atoms with Crippen LogP contribution >= 0.6 is 0 Å². The monoisotopic (exact) mass is 332 g/mol. The van der Waals surface area contributed by atoms with Crippen LogP contribution in [-0.4, -0.2) is 16.9 Å². The average molecular weight is 332 g/mol. The minimum absolute atomic E-state index is 0.528. The molecule has 25 heavy (non-hydrogen) atoms. The molecule has 0 saturated heterocycles. The van der Waals surface area contributed by atoms with Crippen molar-refractivity contribution in [2.45, 2.75) is 6.10 Å². The number of hydrogen-bond donors (Lipinski definition) is 1. The van der Waals surface area contributed by atoms with E-state index in [1.807, 2.05) is 30.3 Å². The summed E-state index contributed by atoms with van der Waals surface area (Å²) in [5.74, 6) is -1.39. The van der Waals surface area contributed by atoms with Crippen LogP contribution in [0, 0.1) is 0 Å². The van der Waals surface area contributed by atoms with Crippen LogP contribution in [0.3, 0.4) is 0 Å². The molecule has 3 aromatic rings. The summed E-state index contributed by atoms with van der Waals surface area (Å²) in [4.78, 5) is 28.0. The van der Waals surface area contributed by atoms with Crippen LogP contribution in [-0.2, 0) is 14.3 Å². The van der Waals surface area contributed by atoms with Gasteiger partial charge in [0.25, 0.3) is 5.91 Å². The van der Waals surface area contributed by atoms with Gasteiger partial charge in [-0.1, -0.05) is 54.6 Å². The van der Waals surface area contributed by atoms with Crippen molar-refractivity contribution in [3.8, 4) is 0 Å². The van der Waals surface area contributed by atoms with Crippen LogP contribution in [0.4, 0.5) is 0 Å². The number of rotatable bonds is 5. The third-order valence-electron chi connectivity index (χ3n) is 3.60. The van der Waals surface area contributed by atoms with Crippen molar-refractivity contribution in [3.05, 3.63) is 84.1 Å². The fraction of sp³-hybridized carbons (Fsp3) is 0.0500. The summed E-state index contributed by atoms with van der Waals surface area (Å²) in [6.45, 7) is 0. The highest BCUT2D eigenvalue weighted by Gasteiger charge is 2.21. The molecule has 5 heteroatoms. The maximum atomic E-state index is 12.0. The van der Waals surface area contributed by atoms with Gasteiger partial charge in [-0.2, -0.15) is 0 Å². The van der Waals surface area contributed by atoms with Gasteiger partial charge in [0, 0.05) is 17.0 Å². The van der Waals surface area contributed by atoms with Crippen molar-refractivity contribution in [2.75, 3.05) is 0 Å². The molecule has 0 aliphatic heterocycles. The van der Waals surface area contributed by atoms with Gasteiger partial charge in [-0.3, -0.25) is 4.79 Å². The van der Waals surface area contributed by atoms with Crippen molar-refractivity contribution < 1.29 is 14.3 Å². The first-order valence-corrected chi connectivity index (χ1v) is 7.72. The second kappa shape index (κ2) is 7.40. The minimum Gasteiger partial charge on any atom is -0.444 e. The van der Waals surface area contributed by atoms with Crippen LogP contribution in [0.15, 0.2) is 72.8 Å². The van der Waals surface area contributed by atoms with Gasteiger partial charge in [0.1, 0.15) is 0 Å². The number of fused-ring (bicyclic) bond motifs is 1. The first kappa shape index (κ1) is 16.4. The molecule has 124 valence electrons. The van der Waals surface area contributed by atoms with Crippen LogP contribution in [0.25, 0.3) is 17.0 Å². The summed E-state index contributed by atoms with van der Waals surface area (Å²) < 4.78 is 5.18. The molecular weight excluding hydrogens is 316 g/mol. The Bertz CT molecular complexity index is 936. The van der Waals surface area contributed by atoms with Crippen molar-refractivity contribution in [1.29, 1.82) is 0 Å². The molecule has 1 aromatic heterocycles. The number of para-hydroxylation sites is 1. The zero-order chi connectivity index (χ0) is 17.6. The number of nitrogens with two attached hydrogens (primary N) is 1. The Morgan fingerprint density at radius 3 is 2.44 bits per heavy atom. The summed E-state index contributed by atoms with van der Waals surface area (Å²) in [6.07, 6.45) is 1.65. The van der Waals surface area contributed by atoms with Gasteiger partial charge in [0.05, 0.1) is 11.2 Å². The minimum atomic E-state index is -1.12. The van der Waals surface area contributed by atoms with Crippen molar-refractivity contribution >= 4 is 28.9 Å². The maximum Gasteiger partial charge on any atom is 0.331 e. The molecule has 0 aliphatic rings. The van der Waals surface area contributed by atoms with Gasteiger partial charge >= 0.3 is 5.97 Å². The maximum absolute atomic E-state index is 12.0. The van der Waals surface area contributed by atoms with E-state index in [0.717, 1.165) is 10.9 Å². The van der Waals surface area contributed by atoms with Gasteiger partial charge in [-0.05, 0) is 18.2 Å². The zero-order valence-electron chi connectivity index (χ0n) is 13.3. The van der Waals surface area contributed by atoms with E-state index in [-0.39, 0.29) is 0 Å². The van der Waals surface area contributed by atoms with E-state index >= 15 is 0 Å². The summed E-state index contributed by atoms with van der Waals surface area (Å²) in [7, 11) is 0.